The molecule has 0 rings (SSSR count). The number of hydrogen-bond acceptors (Lipinski definition) is 5. The van der Waals surface area contributed by atoms with Gasteiger partial charge in [-0.25, -0.2) is 0 Å². The summed E-state index contributed by atoms with van der Waals surface area (Å²) < 4.78 is 5.42. The molecule has 0 aromatic heterocycles. The lowest BCUT2D eigenvalue weighted by Crippen LogP contribution is -2.45. The van der Waals surface area contributed by atoms with Crippen LogP contribution in [-0.2, 0) is 14.3 Å². The van der Waals surface area contributed by atoms with E-state index in [2.05, 4.69) is 43.5 Å². The predicted molar refractivity (Wildman–Crippen MR) is 232 cm³/mol. The minimum absolute atomic E-state index is 0.0166. The number of ether oxygens (including phenoxy) is 1. The van der Waals surface area contributed by atoms with Crippen molar-refractivity contribution in [2.24, 2.45) is 0 Å². The molecule has 0 heterocycles. The summed E-state index contributed by atoms with van der Waals surface area (Å²) in [6, 6.07) is -0.550. The van der Waals surface area contributed by atoms with Crippen LogP contribution < -0.4 is 5.32 Å². The minimum atomic E-state index is -0.671. The Labute approximate surface area is 335 Å². The van der Waals surface area contributed by atoms with E-state index in [9.17, 15) is 19.8 Å². The van der Waals surface area contributed by atoms with E-state index < -0.39 is 12.1 Å². The Morgan fingerprint density at radius 1 is 0.519 bits per heavy atom. The highest BCUT2D eigenvalue weighted by Crippen LogP contribution is 2.15. The molecule has 318 valence electrons. The zero-order valence-electron chi connectivity index (χ0n) is 36.0. The van der Waals surface area contributed by atoms with Crippen molar-refractivity contribution in [3.63, 3.8) is 0 Å². The molecular weight excluding hydrogens is 671 g/mol. The molecule has 0 saturated carbocycles. The van der Waals surface area contributed by atoms with E-state index in [4.69, 9.17) is 4.74 Å². The van der Waals surface area contributed by atoms with E-state index in [0.717, 1.165) is 83.5 Å². The highest BCUT2D eigenvalue weighted by molar-refractivity contribution is 5.76. The summed E-state index contributed by atoms with van der Waals surface area (Å²) in [6.07, 6.45) is 50.0. The second kappa shape index (κ2) is 44.1. The van der Waals surface area contributed by atoms with Crippen molar-refractivity contribution in [2.75, 3.05) is 13.2 Å². The molecule has 0 aliphatic rings. The van der Waals surface area contributed by atoms with Gasteiger partial charge in [0.05, 0.1) is 25.4 Å². The third-order valence-electron chi connectivity index (χ3n) is 10.8. The van der Waals surface area contributed by atoms with Crippen molar-refractivity contribution in [2.45, 2.75) is 257 Å². The maximum absolute atomic E-state index is 12.4. The highest BCUT2D eigenvalue weighted by Gasteiger charge is 2.20. The number of nitrogens with one attached hydrogen (secondary N) is 1. The predicted octanol–water partition coefficient (Wildman–Crippen LogP) is 13.6. The lowest BCUT2D eigenvalue weighted by atomic mass is 10.0. The standard InChI is InChI=1S/C48H91NO5/c1-3-5-7-9-11-13-21-26-30-34-38-42-48(53)54-43-39-35-31-27-23-20-18-16-14-15-17-19-22-25-29-33-37-41-47(52)49-45(44-50)46(51)40-36-32-28-24-12-10-8-6-4-2/h14,16,20,23,45-46,50-51H,3-13,15,17-19,21-22,24-44H2,1-2H3,(H,49,52)/b16-14-,23-20-. The molecule has 2 unspecified atom stereocenters. The molecule has 0 aliphatic heterocycles. The third kappa shape index (κ3) is 40.0. The SMILES string of the molecule is CCCCCCCCCCCCCC(=O)OCCCCC/C=C\C/C=C\CCCCCCCCCC(=O)NC(CO)C(O)CCCCCCCCCCC. The number of amides is 1. The topological polar surface area (TPSA) is 95.9 Å². The van der Waals surface area contributed by atoms with Crippen LogP contribution in [0.4, 0.5) is 0 Å². The van der Waals surface area contributed by atoms with Gasteiger partial charge in [-0.05, 0) is 64.2 Å². The fraction of sp³-hybridized carbons (Fsp3) is 0.875. The Balaban J connectivity index is 3.50. The van der Waals surface area contributed by atoms with Gasteiger partial charge < -0.3 is 20.3 Å². The first-order chi connectivity index (χ1) is 26.5. The summed E-state index contributed by atoms with van der Waals surface area (Å²) >= 11 is 0. The zero-order valence-corrected chi connectivity index (χ0v) is 36.0. The normalized spacial score (nSPS) is 12.9. The lowest BCUT2D eigenvalue weighted by molar-refractivity contribution is -0.143. The Kier molecular flexibility index (Phi) is 42.7. The van der Waals surface area contributed by atoms with E-state index in [1.807, 2.05) is 0 Å². The van der Waals surface area contributed by atoms with Crippen molar-refractivity contribution >= 4 is 11.9 Å². The van der Waals surface area contributed by atoms with Crippen LogP contribution in [0.15, 0.2) is 24.3 Å². The fourth-order valence-electron chi connectivity index (χ4n) is 7.08. The first kappa shape index (κ1) is 52.3. The molecule has 0 bridgehead atoms. The Hall–Kier alpha value is -1.66. The maximum atomic E-state index is 12.4. The van der Waals surface area contributed by atoms with Gasteiger partial charge in [0.1, 0.15) is 0 Å². The maximum Gasteiger partial charge on any atom is 0.305 e. The average Bonchev–Trinajstić information content (AvgIpc) is 3.17. The number of rotatable bonds is 43. The monoisotopic (exact) mass is 762 g/mol. The number of carbonyl (C=O) groups is 2. The second-order valence-corrected chi connectivity index (χ2v) is 16.1. The number of aliphatic hydroxyl groups is 2. The second-order valence-electron chi connectivity index (χ2n) is 16.1. The van der Waals surface area contributed by atoms with Crippen LogP contribution in [0.5, 0.6) is 0 Å². The van der Waals surface area contributed by atoms with Crippen molar-refractivity contribution in [1.82, 2.24) is 5.32 Å². The first-order valence-electron chi connectivity index (χ1n) is 23.6. The summed E-state index contributed by atoms with van der Waals surface area (Å²) in [5.41, 5.74) is 0. The van der Waals surface area contributed by atoms with Gasteiger partial charge in [0.2, 0.25) is 5.91 Å². The van der Waals surface area contributed by atoms with Gasteiger partial charge in [0, 0.05) is 12.8 Å². The summed E-state index contributed by atoms with van der Waals surface area (Å²) in [5.74, 6) is -0.0710. The van der Waals surface area contributed by atoms with Crippen LogP contribution in [0.25, 0.3) is 0 Å². The van der Waals surface area contributed by atoms with E-state index in [1.165, 1.54) is 128 Å². The minimum Gasteiger partial charge on any atom is -0.466 e. The van der Waals surface area contributed by atoms with Gasteiger partial charge in [0.15, 0.2) is 0 Å². The molecule has 6 nitrogen and oxygen atoms in total. The molecule has 0 aliphatic carbocycles. The molecule has 6 heteroatoms. The molecule has 0 radical (unpaired) electrons. The van der Waals surface area contributed by atoms with Gasteiger partial charge in [0.25, 0.3) is 0 Å². The van der Waals surface area contributed by atoms with E-state index >= 15 is 0 Å². The molecule has 54 heavy (non-hydrogen) atoms. The summed E-state index contributed by atoms with van der Waals surface area (Å²) in [4.78, 5) is 24.3. The molecule has 0 fully saturated rings. The van der Waals surface area contributed by atoms with Crippen molar-refractivity contribution in [1.29, 1.82) is 0 Å². The largest absolute Gasteiger partial charge is 0.466 e. The van der Waals surface area contributed by atoms with Crippen LogP contribution in [0.1, 0.15) is 245 Å². The molecule has 0 spiro atoms. The molecule has 0 aromatic carbocycles. The van der Waals surface area contributed by atoms with Crippen LogP contribution in [0.2, 0.25) is 0 Å². The number of carbonyl (C=O) groups excluding carboxylic acids is 2. The van der Waals surface area contributed by atoms with Gasteiger partial charge in [-0.3, -0.25) is 9.59 Å². The number of esters is 1. The first-order valence-corrected chi connectivity index (χ1v) is 23.6. The Morgan fingerprint density at radius 3 is 1.41 bits per heavy atom. The molecular formula is C48H91NO5. The zero-order chi connectivity index (χ0) is 39.4. The highest BCUT2D eigenvalue weighted by atomic mass is 16.5. The average molecular weight is 762 g/mol. The molecule has 0 aromatic rings. The van der Waals surface area contributed by atoms with Crippen LogP contribution in [0.3, 0.4) is 0 Å². The van der Waals surface area contributed by atoms with Gasteiger partial charge in [-0.1, -0.05) is 192 Å². The van der Waals surface area contributed by atoms with Gasteiger partial charge in [-0.2, -0.15) is 0 Å². The summed E-state index contributed by atoms with van der Waals surface area (Å²) in [7, 11) is 0. The quantitative estimate of drug-likeness (QED) is 0.0327. The smallest absolute Gasteiger partial charge is 0.305 e. The molecule has 3 N–H and O–H groups in total. The summed E-state index contributed by atoms with van der Waals surface area (Å²) in [6.45, 7) is 4.87. The number of aliphatic hydroxyl groups excluding tert-OH is 2. The van der Waals surface area contributed by atoms with Gasteiger partial charge in [-0.15, -0.1) is 0 Å². The van der Waals surface area contributed by atoms with E-state index in [1.54, 1.807) is 0 Å². The van der Waals surface area contributed by atoms with Crippen LogP contribution >= 0.6 is 0 Å². The fourth-order valence-corrected chi connectivity index (χ4v) is 7.08. The van der Waals surface area contributed by atoms with Gasteiger partial charge >= 0.3 is 5.97 Å². The number of unbranched alkanes of at least 4 members (excludes halogenated alkanes) is 28. The van der Waals surface area contributed by atoms with E-state index in [0.29, 0.717) is 25.9 Å². The number of allylic oxidation sites excluding steroid dienone is 4. The summed E-state index contributed by atoms with van der Waals surface area (Å²) in [5, 5.41) is 23.0. The molecule has 1 amide bonds. The Morgan fingerprint density at radius 2 is 0.926 bits per heavy atom. The lowest BCUT2D eigenvalue weighted by Gasteiger charge is -2.22. The van der Waals surface area contributed by atoms with Crippen molar-refractivity contribution in [3.8, 4) is 0 Å². The van der Waals surface area contributed by atoms with Crippen molar-refractivity contribution < 1.29 is 24.5 Å². The van der Waals surface area contributed by atoms with Crippen LogP contribution in [-0.4, -0.2) is 47.4 Å². The number of hydrogen-bond donors (Lipinski definition) is 3. The van der Waals surface area contributed by atoms with Crippen molar-refractivity contribution in [3.05, 3.63) is 24.3 Å². The molecule has 2 atom stereocenters. The Bertz CT molecular complexity index is 843. The molecule has 0 saturated heterocycles. The third-order valence-corrected chi connectivity index (χ3v) is 10.8. The van der Waals surface area contributed by atoms with Crippen LogP contribution in [0, 0.1) is 0 Å². The van der Waals surface area contributed by atoms with E-state index in [-0.39, 0.29) is 18.5 Å².